The van der Waals surface area contributed by atoms with Gasteiger partial charge in [0.25, 0.3) is 5.91 Å². The molecule has 0 aliphatic carbocycles. The molecule has 1 aromatic carbocycles. The first-order valence-electron chi connectivity index (χ1n) is 7.23. The van der Waals surface area contributed by atoms with Gasteiger partial charge in [-0.05, 0) is 32.4 Å². The highest BCUT2D eigenvalue weighted by Crippen LogP contribution is 2.29. The van der Waals surface area contributed by atoms with Gasteiger partial charge in [0.15, 0.2) is 17.6 Å². The van der Waals surface area contributed by atoms with Crippen molar-refractivity contribution in [3.05, 3.63) is 23.8 Å². The van der Waals surface area contributed by atoms with Gasteiger partial charge in [-0.2, -0.15) is 5.26 Å². The fourth-order valence-electron chi connectivity index (χ4n) is 1.72. The maximum absolute atomic E-state index is 11.9. The molecule has 0 radical (unpaired) electrons. The van der Waals surface area contributed by atoms with Crippen LogP contribution in [0.1, 0.15) is 39.2 Å². The van der Waals surface area contributed by atoms with Crippen molar-refractivity contribution in [3.8, 4) is 17.6 Å². The number of ether oxygens (including phenoxy) is 2. The van der Waals surface area contributed by atoms with Crippen LogP contribution in [-0.4, -0.2) is 25.2 Å². The zero-order valence-electron chi connectivity index (χ0n) is 12.8. The van der Waals surface area contributed by atoms with Gasteiger partial charge in [0.05, 0.1) is 18.2 Å². The zero-order chi connectivity index (χ0) is 15.7. The van der Waals surface area contributed by atoms with Crippen LogP contribution in [0.15, 0.2) is 18.2 Å². The van der Waals surface area contributed by atoms with Gasteiger partial charge < -0.3 is 14.8 Å². The Morgan fingerprint density at radius 2 is 2.14 bits per heavy atom. The molecule has 1 aromatic rings. The third-order valence-corrected chi connectivity index (χ3v) is 2.88. The van der Waals surface area contributed by atoms with Crippen molar-refractivity contribution in [3.63, 3.8) is 0 Å². The quantitative estimate of drug-likeness (QED) is 0.747. The Hall–Kier alpha value is -2.22. The van der Waals surface area contributed by atoms with Crippen LogP contribution in [0.5, 0.6) is 11.5 Å². The van der Waals surface area contributed by atoms with Gasteiger partial charge in [0.2, 0.25) is 0 Å². The number of nitrogens with zero attached hydrogens (tertiary/aromatic N) is 1. The average molecular weight is 290 g/mol. The summed E-state index contributed by atoms with van der Waals surface area (Å²) in [6, 6.07) is 6.95. The molecule has 0 bridgehead atoms. The smallest absolute Gasteiger partial charge is 0.260 e. The summed E-state index contributed by atoms with van der Waals surface area (Å²) in [6.45, 7) is 6.72. The summed E-state index contributed by atoms with van der Waals surface area (Å²) in [6.07, 6.45) is 1.35. The lowest BCUT2D eigenvalue weighted by Crippen LogP contribution is -2.36. The number of unbranched alkanes of at least 4 members (excludes halogenated alkanes) is 1. The minimum atomic E-state index is -0.617. The van der Waals surface area contributed by atoms with Gasteiger partial charge in [-0.1, -0.05) is 13.3 Å². The Morgan fingerprint density at radius 3 is 2.76 bits per heavy atom. The predicted molar refractivity (Wildman–Crippen MR) is 80.3 cm³/mol. The average Bonchev–Trinajstić information content (AvgIpc) is 2.49. The first-order valence-corrected chi connectivity index (χ1v) is 7.23. The van der Waals surface area contributed by atoms with E-state index in [1.54, 1.807) is 25.1 Å². The van der Waals surface area contributed by atoms with Gasteiger partial charge in [-0.25, -0.2) is 0 Å². The molecule has 1 unspecified atom stereocenters. The molecule has 1 N–H and O–H groups in total. The molecule has 1 rings (SSSR count). The van der Waals surface area contributed by atoms with E-state index in [0.29, 0.717) is 30.2 Å². The molecule has 5 heteroatoms. The second kappa shape index (κ2) is 8.85. The maximum Gasteiger partial charge on any atom is 0.260 e. The molecular formula is C16H22N2O3. The molecule has 0 fully saturated rings. The minimum absolute atomic E-state index is 0.157. The highest BCUT2D eigenvalue weighted by atomic mass is 16.5. The summed E-state index contributed by atoms with van der Waals surface area (Å²) >= 11 is 0. The second-order valence-corrected chi connectivity index (χ2v) is 4.61. The van der Waals surface area contributed by atoms with E-state index in [9.17, 15) is 4.79 Å². The normalized spacial score (nSPS) is 11.3. The molecule has 1 atom stereocenters. The van der Waals surface area contributed by atoms with Gasteiger partial charge >= 0.3 is 0 Å². The fourth-order valence-corrected chi connectivity index (χ4v) is 1.72. The van der Waals surface area contributed by atoms with Crippen LogP contribution in [0, 0.1) is 11.3 Å². The Morgan fingerprint density at radius 1 is 1.38 bits per heavy atom. The highest BCUT2D eigenvalue weighted by Gasteiger charge is 2.16. The van der Waals surface area contributed by atoms with Crippen LogP contribution in [-0.2, 0) is 4.79 Å². The monoisotopic (exact) mass is 290 g/mol. The molecule has 1 amide bonds. The van der Waals surface area contributed by atoms with Crippen molar-refractivity contribution in [2.75, 3.05) is 13.2 Å². The number of carbonyl (C=O) groups excluding carboxylic acids is 1. The minimum Gasteiger partial charge on any atom is -0.490 e. The number of rotatable bonds is 8. The summed E-state index contributed by atoms with van der Waals surface area (Å²) in [4.78, 5) is 11.9. The summed E-state index contributed by atoms with van der Waals surface area (Å²) in [5.41, 5.74) is 0.492. The van der Waals surface area contributed by atoms with E-state index in [0.717, 1.165) is 12.8 Å². The van der Waals surface area contributed by atoms with Crippen molar-refractivity contribution in [2.45, 2.75) is 39.7 Å². The Kier molecular flexibility index (Phi) is 7.10. The molecule has 0 heterocycles. The van der Waals surface area contributed by atoms with Crippen LogP contribution in [0.2, 0.25) is 0 Å². The topological polar surface area (TPSA) is 71.3 Å². The van der Waals surface area contributed by atoms with Crippen molar-refractivity contribution >= 4 is 5.91 Å². The maximum atomic E-state index is 11.9. The van der Waals surface area contributed by atoms with Crippen LogP contribution in [0.3, 0.4) is 0 Å². The van der Waals surface area contributed by atoms with Crippen LogP contribution < -0.4 is 14.8 Å². The summed E-state index contributed by atoms with van der Waals surface area (Å²) < 4.78 is 11.1. The molecule has 0 aliphatic rings. The van der Waals surface area contributed by atoms with E-state index in [4.69, 9.17) is 14.7 Å². The lowest BCUT2D eigenvalue weighted by molar-refractivity contribution is -0.127. The second-order valence-electron chi connectivity index (χ2n) is 4.61. The summed E-state index contributed by atoms with van der Waals surface area (Å²) in [5, 5.41) is 11.7. The number of amides is 1. The van der Waals surface area contributed by atoms with Crippen LogP contribution in [0.4, 0.5) is 0 Å². The summed E-state index contributed by atoms with van der Waals surface area (Å²) in [5.74, 6) is 0.786. The van der Waals surface area contributed by atoms with Gasteiger partial charge in [0, 0.05) is 12.6 Å². The molecular weight excluding hydrogens is 268 g/mol. The van der Waals surface area contributed by atoms with Gasteiger partial charge in [-0.15, -0.1) is 0 Å². The van der Waals surface area contributed by atoms with Crippen molar-refractivity contribution in [2.24, 2.45) is 0 Å². The van der Waals surface area contributed by atoms with Gasteiger partial charge in [0.1, 0.15) is 0 Å². The first kappa shape index (κ1) is 16.8. The first-order chi connectivity index (χ1) is 10.1. The fraction of sp³-hybridized carbons (Fsp3) is 0.500. The molecule has 0 aromatic heterocycles. The Balaban J connectivity index is 2.72. The molecule has 0 saturated heterocycles. The van der Waals surface area contributed by atoms with E-state index in [2.05, 4.69) is 12.2 Å². The molecule has 21 heavy (non-hydrogen) atoms. The van der Waals surface area contributed by atoms with Crippen molar-refractivity contribution in [1.82, 2.24) is 5.32 Å². The molecule has 5 nitrogen and oxygen atoms in total. The van der Waals surface area contributed by atoms with Crippen molar-refractivity contribution in [1.29, 1.82) is 5.26 Å². The number of carbonyl (C=O) groups is 1. The van der Waals surface area contributed by atoms with Gasteiger partial charge in [-0.3, -0.25) is 4.79 Å². The predicted octanol–water partition coefficient (Wildman–Crippen LogP) is 2.64. The number of benzene rings is 1. The van der Waals surface area contributed by atoms with E-state index in [1.165, 1.54) is 0 Å². The largest absolute Gasteiger partial charge is 0.490 e. The van der Waals surface area contributed by atoms with E-state index in [1.807, 2.05) is 13.0 Å². The number of hydrogen-bond donors (Lipinski definition) is 1. The Labute approximate surface area is 125 Å². The van der Waals surface area contributed by atoms with E-state index in [-0.39, 0.29) is 5.91 Å². The van der Waals surface area contributed by atoms with Crippen molar-refractivity contribution < 1.29 is 14.3 Å². The number of nitrogens with one attached hydrogen (secondary N) is 1. The lowest BCUT2D eigenvalue weighted by atomic mass is 10.2. The van der Waals surface area contributed by atoms with Crippen LogP contribution in [0.25, 0.3) is 0 Å². The Bertz CT molecular complexity index is 509. The number of hydrogen-bond acceptors (Lipinski definition) is 4. The molecule has 0 aliphatic heterocycles. The molecule has 0 saturated carbocycles. The standard InChI is InChI=1S/C16H22N2O3/c1-4-6-9-18-16(19)12(3)21-14-8-7-13(11-17)10-15(14)20-5-2/h7-8,10,12H,4-6,9H2,1-3H3,(H,18,19). The zero-order valence-corrected chi connectivity index (χ0v) is 12.8. The van der Waals surface area contributed by atoms with Crippen LogP contribution >= 0.6 is 0 Å². The lowest BCUT2D eigenvalue weighted by Gasteiger charge is -2.17. The van der Waals surface area contributed by atoms with E-state index < -0.39 is 6.10 Å². The molecule has 0 spiro atoms. The summed E-state index contributed by atoms with van der Waals surface area (Å²) in [7, 11) is 0. The SMILES string of the molecule is CCCCNC(=O)C(C)Oc1ccc(C#N)cc1OCC. The highest BCUT2D eigenvalue weighted by molar-refractivity contribution is 5.80. The number of nitriles is 1. The molecule has 114 valence electrons. The van der Waals surface area contributed by atoms with E-state index >= 15 is 0 Å². The third kappa shape index (κ3) is 5.35. The third-order valence-electron chi connectivity index (χ3n) is 2.88.